The van der Waals surface area contributed by atoms with Gasteiger partial charge in [0.1, 0.15) is 22.0 Å². The van der Waals surface area contributed by atoms with Gasteiger partial charge in [0.05, 0.1) is 17.7 Å². The number of hydroxylamine groups is 1. The molecule has 0 aliphatic carbocycles. The van der Waals surface area contributed by atoms with Crippen LogP contribution in [0.2, 0.25) is 5.02 Å². The number of pyridine rings is 2. The van der Waals surface area contributed by atoms with Gasteiger partial charge in [-0.2, -0.15) is 0 Å². The monoisotopic (exact) mass is 488 g/mol. The first-order valence-corrected chi connectivity index (χ1v) is 11.1. The number of nitrogens with one attached hydrogen (secondary N) is 2. The lowest BCUT2D eigenvalue weighted by atomic mass is 10.1. The van der Waals surface area contributed by atoms with Gasteiger partial charge in [0.15, 0.2) is 5.13 Å². The number of anilines is 4. The quantitative estimate of drug-likeness (QED) is 0.270. The lowest BCUT2D eigenvalue weighted by molar-refractivity contribution is 0.0538. The van der Waals surface area contributed by atoms with Crippen molar-refractivity contribution >= 4 is 73.2 Å². The van der Waals surface area contributed by atoms with Crippen molar-refractivity contribution in [3.05, 3.63) is 64.8 Å². The number of aromatic nitrogens is 3. The van der Waals surface area contributed by atoms with Crippen LogP contribution in [0.15, 0.2) is 48.7 Å². The van der Waals surface area contributed by atoms with Gasteiger partial charge in [0, 0.05) is 24.8 Å². The van der Waals surface area contributed by atoms with Crippen LogP contribution in [-0.4, -0.2) is 35.0 Å². The first-order chi connectivity index (χ1) is 15.5. The van der Waals surface area contributed by atoms with Gasteiger partial charge < -0.3 is 10.2 Å². The molecular formula is C21H18Cl2N6O2S. The van der Waals surface area contributed by atoms with Crippen LogP contribution in [-0.2, 0) is 10.7 Å². The van der Waals surface area contributed by atoms with Gasteiger partial charge in [-0.25, -0.2) is 20.4 Å². The summed E-state index contributed by atoms with van der Waals surface area (Å²) >= 11 is 13.5. The van der Waals surface area contributed by atoms with E-state index < -0.39 is 5.91 Å². The highest BCUT2D eigenvalue weighted by atomic mass is 35.5. The molecule has 164 valence electrons. The van der Waals surface area contributed by atoms with Crippen LogP contribution in [0.25, 0.3) is 10.3 Å². The first-order valence-electron chi connectivity index (χ1n) is 9.40. The fraction of sp³-hybridized carbons (Fsp3) is 0.143. The molecule has 0 atom stereocenters. The zero-order valence-electron chi connectivity index (χ0n) is 17.1. The van der Waals surface area contributed by atoms with Gasteiger partial charge in [-0.05, 0) is 48.0 Å². The number of carbonyl (C=O) groups is 1. The Morgan fingerprint density at radius 1 is 1.19 bits per heavy atom. The van der Waals surface area contributed by atoms with E-state index in [0.29, 0.717) is 33.2 Å². The number of fused-ring (bicyclic) bond motifs is 1. The molecule has 0 fully saturated rings. The second-order valence-electron chi connectivity index (χ2n) is 6.68. The zero-order valence-corrected chi connectivity index (χ0v) is 19.4. The summed E-state index contributed by atoms with van der Waals surface area (Å²) in [6, 6.07) is 12.7. The van der Waals surface area contributed by atoms with Crippen LogP contribution in [0.3, 0.4) is 0 Å². The third kappa shape index (κ3) is 4.76. The van der Waals surface area contributed by atoms with Gasteiger partial charge in [0.25, 0.3) is 5.91 Å². The molecule has 0 radical (unpaired) electrons. The predicted molar refractivity (Wildman–Crippen MR) is 128 cm³/mol. The number of thiazole rings is 1. The number of hydrogen-bond acceptors (Lipinski definition) is 8. The van der Waals surface area contributed by atoms with E-state index in [1.54, 1.807) is 18.3 Å². The molecule has 0 saturated carbocycles. The Labute approximate surface area is 198 Å². The van der Waals surface area contributed by atoms with Crippen LogP contribution in [0.1, 0.15) is 15.9 Å². The number of alkyl halides is 1. The molecule has 1 amide bonds. The number of halogens is 2. The van der Waals surface area contributed by atoms with Crippen molar-refractivity contribution in [3.63, 3.8) is 0 Å². The van der Waals surface area contributed by atoms with Crippen LogP contribution in [0.4, 0.5) is 22.5 Å². The minimum Gasteiger partial charge on any atom is -0.329 e. The lowest BCUT2D eigenvalue weighted by Crippen LogP contribution is -2.22. The smallest absolute Gasteiger partial charge is 0.276 e. The Kier molecular flexibility index (Phi) is 6.71. The molecule has 11 heteroatoms. The summed E-state index contributed by atoms with van der Waals surface area (Å²) in [5, 5.41) is 4.20. The van der Waals surface area contributed by atoms with Gasteiger partial charge in [-0.15, -0.1) is 11.6 Å². The minimum atomic E-state index is -0.429. The standard InChI is InChI=1S/C21H18Cl2N6O2S/c1-29(13-3-4-15(23)14(10-13)19(30)28-31-2)18-6-5-16-20(27-18)32-21(25-16)26-17-9-12(11-22)7-8-24-17/h3-10H,11H2,1-2H3,(H,28,30)(H,24,25,26). The summed E-state index contributed by atoms with van der Waals surface area (Å²) < 4.78 is 0. The maximum absolute atomic E-state index is 12.2. The van der Waals surface area contributed by atoms with E-state index in [9.17, 15) is 4.79 Å². The number of hydrogen-bond donors (Lipinski definition) is 2. The van der Waals surface area contributed by atoms with Crippen LogP contribution in [0, 0.1) is 0 Å². The highest BCUT2D eigenvalue weighted by Gasteiger charge is 2.15. The van der Waals surface area contributed by atoms with Crippen molar-refractivity contribution < 1.29 is 9.63 Å². The summed E-state index contributed by atoms with van der Waals surface area (Å²) in [4.78, 5) is 33.1. The van der Waals surface area contributed by atoms with Gasteiger partial charge in [-0.1, -0.05) is 22.9 Å². The maximum Gasteiger partial charge on any atom is 0.276 e. The Morgan fingerprint density at radius 2 is 2.03 bits per heavy atom. The molecule has 0 aliphatic rings. The molecule has 3 heterocycles. The summed E-state index contributed by atoms with van der Waals surface area (Å²) in [7, 11) is 3.22. The van der Waals surface area contributed by atoms with Crippen molar-refractivity contribution in [1.29, 1.82) is 0 Å². The minimum absolute atomic E-state index is 0.301. The highest BCUT2D eigenvalue weighted by molar-refractivity contribution is 7.21. The molecule has 4 rings (SSSR count). The Morgan fingerprint density at radius 3 is 2.81 bits per heavy atom. The number of nitrogens with zero attached hydrogens (tertiary/aromatic N) is 4. The van der Waals surface area contributed by atoms with E-state index in [-0.39, 0.29) is 0 Å². The van der Waals surface area contributed by atoms with Crippen molar-refractivity contribution in [1.82, 2.24) is 20.4 Å². The highest BCUT2D eigenvalue weighted by Crippen LogP contribution is 2.31. The van der Waals surface area contributed by atoms with E-state index in [0.717, 1.165) is 21.6 Å². The van der Waals surface area contributed by atoms with E-state index >= 15 is 0 Å². The SMILES string of the molecule is CONC(=O)c1cc(N(C)c2ccc3nc(Nc4cc(CCl)ccn4)sc3n2)ccc1Cl. The molecule has 32 heavy (non-hydrogen) atoms. The van der Waals surface area contributed by atoms with E-state index in [2.05, 4.69) is 20.8 Å². The molecule has 0 aliphatic heterocycles. The Bertz CT molecular complexity index is 1280. The van der Waals surface area contributed by atoms with E-state index in [4.69, 9.17) is 33.0 Å². The molecule has 4 aromatic rings. The van der Waals surface area contributed by atoms with Crippen LogP contribution in [0.5, 0.6) is 0 Å². The molecule has 2 N–H and O–H groups in total. The lowest BCUT2D eigenvalue weighted by Gasteiger charge is -2.19. The molecule has 0 unspecified atom stereocenters. The van der Waals surface area contributed by atoms with Crippen LogP contribution < -0.4 is 15.7 Å². The van der Waals surface area contributed by atoms with E-state index in [1.165, 1.54) is 18.4 Å². The second-order valence-corrected chi connectivity index (χ2v) is 8.33. The number of benzene rings is 1. The average molecular weight is 489 g/mol. The van der Waals surface area contributed by atoms with Gasteiger partial charge in [-0.3, -0.25) is 9.63 Å². The third-order valence-electron chi connectivity index (χ3n) is 4.57. The summed E-state index contributed by atoms with van der Waals surface area (Å²) in [5.74, 6) is 1.34. The van der Waals surface area contributed by atoms with Crippen molar-refractivity contribution in [2.75, 3.05) is 24.4 Å². The topological polar surface area (TPSA) is 92.3 Å². The average Bonchev–Trinajstić information content (AvgIpc) is 3.20. The fourth-order valence-electron chi connectivity index (χ4n) is 2.96. The summed E-state index contributed by atoms with van der Waals surface area (Å²) in [5.41, 5.74) is 5.05. The molecule has 3 aromatic heterocycles. The predicted octanol–water partition coefficient (Wildman–Crippen LogP) is 5.28. The first kappa shape index (κ1) is 22.2. The Balaban J connectivity index is 1.60. The second kappa shape index (κ2) is 9.66. The number of rotatable bonds is 7. The van der Waals surface area contributed by atoms with Gasteiger partial charge in [0.2, 0.25) is 0 Å². The third-order valence-corrected chi connectivity index (χ3v) is 6.09. The normalized spacial score (nSPS) is 10.9. The van der Waals surface area contributed by atoms with Gasteiger partial charge >= 0.3 is 0 Å². The molecule has 0 spiro atoms. The molecular weight excluding hydrogens is 471 g/mol. The van der Waals surface area contributed by atoms with Crippen LogP contribution >= 0.6 is 34.5 Å². The van der Waals surface area contributed by atoms with Crippen molar-refractivity contribution in [3.8, 4) is 0 Å². The molecule has 0 saturated heterocycles. The van der Waals surface area contributed by atoms with Crippen molar-refractivity contribution in [2.45, 2.75) is 5.88 Å². The number of amides is 1. The van der Waals surface area contributed by atoms with E-state index in [1.807, 2.05) is 42.3 Å². The maximum atomic E-state index is 12.2. The summed E-state index contributed by atoms with van der Waals surface area (Å²) in [6.45, 7) is 0. The summed E-state index contributed by atoms with van der Waals surface area (Å²) in [6.07, 6.45) is 1.70. The molecule has 0 bridgehead atoms. The number of carbonyl (C=O) groups excluding carboxylic acids is 1. The van der Waals surface area contributed by atoms with Crippen molar-refractivity contribution in [2.24, 2.45) is 0 Å². The molecule has 1 aromatic carbocycles. The largest absolute Gasteiger partial charge is 0.329 e. The Hall–Kier alpha value is -2.98. The molecule has 8 nitrogen and oxygen atoms in total. The zero-order chi connectivity index (χ0) is 22.7. The fourth-order valence-corrected chi connectivity index (χ4v) is 4.17.